The summed E-state index contributed by atoms with van der Waals surface area (Å²) in [5.41, 5.74) is 1.19. The maximum absolute atomic E-state index is 13.0. The second-order valence-corrected chi connectivity index (χ2v) is 7.78. The number of allylic oxidation sites excluding steroid dienone is 2. The van der Waals surface area contributed by atoms with Gasteiger partial charge in [0.05, 0.1) is 11.8 Å². The number of aliphatic carboxylic acids is 1. The third-order valence-corrected chi connectivity index (χ3v) is 6.19. The van der Waals surface area contributed by atoms with Crippen molar-refractivity contribution in [2.24, 2.45) is 23.7 Å². The van der Waals surface area contributed by atoms with Gasteiger partial charge in [-0.15, -0.1) is 0 Å². The normalized spacial score (nSPS) is 30.3. The Labute approximate surface area is 160 Å². The first-order valence-corrected chi connectivity index (χ1v) is 9.77. The van der Waals surface area contributed by atoms with Gasteiger partial charge in [-0.3, -0.25) is 14.5 Å². The van der Waals surface area contributed by atoms with Gasteiger partial charge in [-0.25, -0.2) is 0 Å². The lowest BCUT2D eigenvalue weighted by molar-refractivity contribution is -0.151. The van der Waals surface area contributed by atoms with E-state index in [-0.39, 0.29) is 23.7 Å². The summed E-state index contributed by atoms with van der Waals surface area (Å²) < 4.78 is 0. The van der Waals surface area contributed by atoms with Crippen LogP contribution in [0.3, 0.4) is 0 Å². The van der Waals surface area contributed by atoms with E-state index in [2.05, 4.69) is 35.3 Å². The molecule has 27 heavy (non-hydrogen) atoms. The first kappa shape index (κ1) is 18.0. The van der Waals surface area contributed by atoms with Crippen molar-refractivity contribution in [3.63, 3.8) is 0 Å². The number of carbonyl (C=O) groups excluding carboxylic acids is 1. The van der Waals surface area contributed by atoms with Crippen molar-refractivity contribution in [1.29, 1.82) is 0 Å². The highest BCUT2D eigenvalue weighted by Gasteiger charge is 2.52. The lowest BCUT2D eigenvalue weighted by atomic mass is 9.82. The number of hydrogen-bond donors (Lipinski definition) is 1. The molecule has 0 radical (unpaired) electrons. The molecular weight excluding hydrogens is 340 g/mol. The summed E-state index contributed by atoms with van der Waals surface area (Å²) in [6.45, 7) is 3.90. The van der Waals surface area contributed by atoms with Gasteiger partial charge in [0.25, 0.3) is 0 Å². The van der Waals surface area contributed by atoms with Crippen LogP contribution < -0.4 is 0 Å². The predicted octanol–water partition coefficient (Wildman–Crippen LogP) is 2.37. The molecule has 4 rings (SSSR count). The molecular formula is C22H26N2O3. The van der Waals surface area contributed by atoms with Crippen molar-refractivity contribution < 1.29 is 14.7 Å². The Morgan fingerprint density at radius 1 is 1.00 bits per heavy atom. The third-order valence-electron chi connectivity index (χ3n) is 6.19. The summed E-state index contributed by atoms with van der Waals surface area (Å²) in [6, 6.07) is 10.2. The molecule has 4 atom stereocenters. The van der Waals surface area contributed by atoms with Crippen molar-refractivity contribution in [3.05, 3.63) is 54.1 Å². The van der Waals surface area contributed by atoms with Crippen LogP contribution >= 0.6 is 0 Å². The molecule has 2 bridgehead atoms. The number of nitrogens with zero attached hydrogens (tertiary/aromatic N) is 2. The quantitative estimate of drug-likeness (QED) is 0.813. The molecule has 5 heteroatoms. The van der Waals surface area contributed by atoms with Crippen molar-refractivity contribution in [3.8, 4) is 0 Å². The highest BCUT2D eigenvalue weighted by molar-refractivity contribution is 5.87. The molecule has 3 aliphatic rings. The van der Waals surface area contributed by atoms with Gasteiger partial charge in [-0.05, 0) is 23.8 Å². The topological polar surface area (TPSA) is 60.9 Å². The molecule has 1 aromatic rings. The van der Waals surface area contributed by atoms with E-state index in [1.807, 2.05) is 29.2 Å². The minimum Gasteiger partial charge on any atom is -0.481 e. The second-order valence-electron chi connectivity index (χ2n) is 7.78. The number of carbonyl (C=O) groups is 2. The molecule has 0 unspecified atom stereocenters. The van der Waals surface area contributed by atoms with Crippen LogP contribution in [0.4, 0.5) is 0 Å². The summed E-state index contributed by atoms with van der Waals surface area (Å²) in [7, 11) is 0. The minimum absolute atomic E-state index is 0.0332. The standard InChI is InChI=1S/C22H26N2O3/c25-21(19-17-8-9-18(15-17)20(19)22(26)27)24-13-11-23(12-14-24)10-4-7-16-5-2-1-3-6-16/h1-9,17-20H,10-15H2,(H,26,27)/b7-4+/t17-,18+,19+,20+/m0/s1. The van der Waals surface area contributed by atoms with Crippen LogP contribution in [-0.2, 0) is 9.59 Å². The SMILES string of the molecule is O=C(O)[C@H]1[C@H](C(=O)N2CCN(C/C=C/c3ccccc3)CC2)[C@H]2C=C[C@@H]1C2. The summed E-state index contributed by atoms with van der Waals surface area (Å²) in [6.07, 6.45) is 9.14. The van der Waals surface area contributed by atoms with Gasteiger partial charge in [-0.2, -0.15) is 0 Å². The van der Waals surface area contributed by atoms with Gasteiger partial charge in [-0.1, -0.05) is 54.6 Å². The second kappa shape index (κ2) is 7.69. The van der Waals surface area contributed by atoms with E-state index >= 15 is 0 Å². The van der Waals surface area contributed by atoms with E-state index in [9.17, 15) is 14.7 Å². The van der Waals surface area contributed by atoms with Crippen LogP contribution in [0.15, 0.2) is 48.6 Å². The first-order valence-electron chi connectivity index (χ1n) is 9.77. The molecule has 1 heterocycles. The Balaban J connectivity index is 1.30. The molecule has 1 aromatic carbocycles. The fourth-order valence-corrected chi connectivity index (χ4v) is 4.76. The van der Waals surface area contributed by atoms with Gasteiger partial charge in [0, 0.05) is 32.7 Å². The zero-order valence-corrected chi connectivity index (χ0v) is 15.4. The van der Waals surface area contributed by atoms with E-state index in [0.717, 1.165) is 26.1 Å². The maximum Gasteiger partial charge on any atom is 0.307 e. The fourth-order valence-electron chi connectivity index (χ4n) is 4.76. The lowest BCUT2D eigenvalue weighted by Crippen LogP contribution is -2.52. The minimum atomic E-state index is -0.824. The van der Waals surface area contributed by atoms with E-state index < -0.39 is 11.9 Å². The average molecular weight is 366 g/mol. The Kier molecular flexibility index (Phi) is 5.12. The molecule has 1 aliphatic heterocycles. The van der Waals surface area contributed by atoms with Crippen LogP contribution in [0.1, 0.15) is 12.0 Å². The van der Waals surface area contributed by atoms with E-state index in [4.69, 9.17) is 0 Å². The molecule has 0 aromatic heterocycles. The molecule has 1 N–H and O–H groups in total. The predicted molar refractivity (Wildman–Crippen MR) is 104 cm³/mol. The highest BCUT2D eigenvalue weighted by atomic mass is 16.4. The van der Waals surface area contributed by atoms with Crippen LogP contribution in [0.25, 0.3) is 6.08 Å². The van der Waals surface area contributed by atoms with Crippen molar-refractivity contribution in [2.45, 2.75) is 6.42 Å². The van der Waals surface area contributed by atoms with E-state index in [1.165, 1.54) is 5.56 Å². The Morgan fingerprint density at radius 3 is 2.33 bits per heavy atom. The fraction of sp³-hybridized carbons (Fsp3) is 0.455. The highest BCUT2D eigenvalue weighted by Crippen LogP contribution is 2.48. The van der Waals surface area contributed by atoms with Crippen LogP contribution in [0.5, 0.6) is 0 Å². The van der Waals surface area contributed by atoms with Crippen molar-refractivity contribution >= 4 is 18.0 Å². The summed E-state index contributed by atoms with van der Waals surface area (Å²) in [4.78, 5) is 28.9. The smallest absolute Gasteiger partial charge is 0.307 e. The van der Waals surface area contributed by atoms with E-state index in [1.54, 1.807) is 0 Å². The van der Waals surface area contributed by atoms with Crippen molar-refractivity contribution in [1.82, 2.24) is 9.80 Å². The molecule has 1 amide bonds. The number of fused-ring (bicyclic) bond motifs is 2. The van der Waals surface area contributed by atoms with Gasteiger partial charge < -0.3 is 10.0 Å². The van der Waals surface area contributed by atoms with Gasteiger partial charge in [0.1, 0.15) is 0 Å². The molecule has 2 fully saturated rings. The number of hydrogen-bond acceptors (Lipinski definition) is 3. The number of carboxylic acid groups (broad SMARTS) is 1. The monoisotopic (exact) mass is 366 g/mol. The number of carboxylic acids is 1. The zero-order valence-electron chi connectivity index (χ0n) is 15.4. The summed E-state index contributed by atoms with van der Waals surface area (Å²) in [5, 5.41) is 9.57. The Morgan fingerprint density at radius 2 is 1.67 bits per heavy atom. The molecule has 5 nitrogen and oxygen atoms in total. The van der Waals surface area contributed by atoms with Gasteiger partial charge in [0.2, 0.25) is 5.91 Å². The third kappa shape index (κ3) is 3.69. The largest absolute Gasteiger partial charge is 0.481 e. The Hall–Kier alpha value is -2.40. The van der Waals surface area contributed by atoms with Crippen LogP contribution in [-0.4, -0.2) is 59.5 Å². The van der Waals surface area contributed by atoms with Gasteiger partial charge in [0.15, 0.2) is 0 Å². The average Bonchev–Trinajstić information content (AvgIpc) is 3.30. The molecule has 1 saturated heterocycles. The first-order chi connectivity index (χ1) is 13.1. The number of amides is 1. The van der Waals surface area contributed by atoms with Crippen LogP contribution in [0.2, 0.25) is 0 Å². The molecule has 0 spiro atoms. The summed E-state index contributed by atoms with van der Waals surface area (Å²) in [5.74, 6) is -1.56. The molecule has 142 valence electrons. The zero-order chi connectivity index (χ0) is 18.8. The van der Waals surface area contributed by atoms with Crippen LogP contribution in [0, 0.1) is 23.7 Å². The van der Waals surface area contributed by atoms with Crippen molar-refractivity contribution in [2.75, 3.05) is 32.7 Å². The Bertz CT molecular complexity index is 750. The number of benzene rings is 1. The van der Waals surface area contributed by atoms with Gasteiger partial charge >= 0.3 is 5.97 Å². The molecule has 2 aliphatic carbocycles. The summed E-state index contributed by atoms with van der Waals surface area (Å²) >= 11 is 0. The maximum atomic E-state index is 13.0. The molecule has 1 saturated carbocycles. The lowest BCUT2D eigenvalue weighted by Gasteiger charge is -2.37. The van der Waals surface area contributed by atoms with E-state index in [0.29, 0.717) is 13.1 Å². The number of piperazine rings is 1. The number of rotatable bonds is 5.